The lowest BCUT2D eigenvalue weighted by atomic mass is 9.88. The van der Waals surface area contributed by atoms with Gasteiger partial charge in [-0.25, -0.2) is 0 Å². The molecule has 0 fully saturated rings. The van der Waals surface area contributed by atoms with Crippen LogP contribution >= 0.6 is 23.2 Å². The summed E-state index contributed by atoms with van der Waals surface area (Å²) in [5.41, 5.74) is 4.58. The number of allylic oxidation sites excluding steroid dienone is 1. The van der Waals surface area contributed by atoms with Gasteiger partial charge in [-0.1, -0.05) is 83.9 Å². The fourth-order valence-electron chi connectivity index (χ4n) is 4.42. The van der Waals surface area contributed by atoms with Crippen molar-refractivity contribution in [1.82, 2.24) is 10.6 Å². The van der Waals surface area contributed by atoms with E-state index in [1.165, 1.54) is 11.1 Å². The molecule has 1 heterocycles. The molecule has 0 aliphatic carbocycles. The molecule has 3 aromatic carbocycles. The maximum absolute atomic E-state index is 13.4. The van der Waals surface area contributed by atoms with Crippen LogP contribution in [0.2, 0.25) is 10.0 Å². The summed E-state index contributed by atoms with van der Waals surface area (Å²) < 4.78 is 0. The van der Waals surface area contributed by atoms with Crippen molar-refractivity contribution in [2.24, 2.45) is 4.99 Å². The van der Waals surface area contributed by atoms with Gasteiger partial charge in [0.1, 0.15) is 6.04 Å². The SMILES string of the molecule is CC1=NC(c2cc(Cl)cc(Cl)c2)C(C(=O)NCCC(c2ccccc2)c2ccccc2)=C(C)N1. The smallest absolute Gasteiger partial charge is 0.251 e. The van der Waals surface area contributed by atoms with E-state index >= 15 is 0 Å². The molecule has 4 nitrogen and oxygen atoms in total. The van der Waals surface area contributed by atoms with Gasteiger partial charge >= 0.3 is 0 Å². The zero-order valence-electron chi connectivity index (χ0n) is 19.2. The van der Waals surface area contributed by atoms with E-state index in [0.29, 0.717) is 22.2 Å². The predicted octanol–water partition coefficient (Wildman–Crippen LogP) is 6.67. The van der Waals surface area contributed by atoms with Crippen LogP contribution in [-0.2, 0) is 4.79 Å². The van der Waals surface area contributed by atoms with Crippen LogP contribution in [0.25, 0.3) is 0 Å². The van der Waals surface area contributed by atoms with Crippen molar-refractivity contribution >= 4 is 34.9 Å². The Hall–Kier alpha value is -3.08. The highest BCUT2D eigenvalue weighted by Gasteiger charge is 2.29. The van der Waals surface area contributed by atoms with E-state index in [0.717, 1.165) is 23.5 Å². The van der Waals surface area contributed by atoms with Crippen molar-refractivity contribution < 1.29 is 4.79 Å². The summed E-state index contributed by atoms with van der Waals surface area (Å²) in [6.07, 6.45) is 0.773. The largest absolute Gasteiger partial charge is 0.352 e. The number of amides is 1. The Balaban J connectivity index is 1.53. The van der Waals surface area contributed by atoms with Crippen LogP contribution in [0.5, 0.6) is 0 Å². The summed E-state index contributed by atoms with van der Waals surface area (Å²) in [7, 11) is 0. The molecule has 2 N–H and O–H groups in total. The summed E-state index contributed by atoms with van der Waals surface area (Å²) in [5.74, 6) is 0.774. The van der Waals surface area contributed by atoms with Crippen molar-refractivity contribution in [3.05, 3.63) is 117 Å². The van der Waals surface area contributed by atoms with Gasteiger partial charge in [0, 0.05) is 28.2 Å². The van der Waals surface area contributed by atoms with Crippen LogP contribution in [0.15, 0.2) is 95.1 Å². The van der Waals surface area contributed by atoms with Gasteiger partial charge in [-0.15, -0.1) is 0 Å². The zero-order chi connectivity index (χ0) is 24.1. The van der Waals surface area contributed by atoms with Gasteiger partial charge in [0.05, 0.1) is 11.4 Å². The van der Waals surface area contributed by atoms with Gasteiger partial charge in [-0.2, -0.15) is 0 Å². The molecule has 34 heavy (non-hydrogen) atoms. The molecule has 1 amide bonds. The lowest BCUT2D eigenvalue weighted by Gasteiger charge is -2.26. The predicted molar refractivity (Wildman–Crippen MR) is 141 cm³/mol. The van der Waals surface area contributed by atoms with E-state index in [9.17, 15) is 4.79 Å². The average molecular weight is 492 g/mol. The molecule has 0 spiro atoms. The van der Waals surface area contributed by atoms with E-state index in [4.69, 9.17) is 28.2 Å². The summed E-state index contributed by atoms with van der Waals surface area (Å²) in [4.78, 5) is 18.1. The molecule has 0 bridgehead atoms. The van der Waals surface area contributed by atoms with Gasteiger partial charge in [0.15, 0.2) is 0 Å². The molecule has 1 aliphatic heterocycles. The Morgan fingerprint density at radius 3 is 2.06 bits per heavy atom. The molecule has 174 valence electrons. The topological polar surface area (TPSA) is 53.5 Å². The molecule has 0 saturated heterocycles. The molecule has 1 unspecified atom stereocenters. The number of carbonyl (C=O) groups excluding carboxylic acids is 1. The minimum atomic E-state index is -0.475. The lowest BCUT2D eigenvalue weighted by Crippen LogP contribution is -2.35. The van der Waals surface area contributed by atoms with E-state index in [2.05, 4.69) is 34.9 Å². The van der Waals surface area contributed by atoms with E-state index in [-0.39, 0.29) is 11.8 Å². The maximum atomic E-state index is 13.4. The van der Waals surface area contributed by atoms with Gasteiger partial charge in [0.25, 0.3) is 5.91 Å². The standard InChI is InChI=1S/C28H27Cl2N3O/c1-18-26(27(33-19(2)32-18)22-15-23(29)17-24(30)16-22)28(34)31-14-13-25(20-9-5-3-6-10-20)21-11-7-4-8-12-21/h3-12,15-17,25,27H,13-14H2,1-2H3,(H,31,34)(H,32,33). The van der Waals surface area contributed by atoms with Gasteiger partial charge < -0.3 is 10.6 Å². The van der Waals surface area contributed by atoms with Crippen molar-refractivity contribution in [2.75, 3.05) is 6.54 Å². The highest BCUT2D eigenvalue weighted by molar-refractivity contribution is 6.34. The van der Waals surface area contributed by atoms with Crippen LogP contribution in [0.4, 0.5) is 0 Å². The molecule has 0 aromatic heterocycles. The molecule has 3 aromatic rings. The maximum Gasteiger partial charge on any atom is 0.251 e. The number of nitrogens with zero attached hydrogens (tertiary/aromatic N) is 1. The minimum Gasteiger partial charge on any atom is -0.352 e. The van der Waals surface area contributed by atoms with E-state index < -0.39 is 6.04 Å². The fourth-order valence-corrected chi connectivity index (χ4v) is 4.97. The summed E-state index contributed by atoms with van der Waals surface area (Å²) in [5, 5.41) is 7.34. The van der Waals surface area contributed by atoms with Crippen LogP contribution in [-0.4, -0.2) is 18.3 Å². The molecule has 0 saturated carbocycles. The third kappa shape index (κ3) is 5.69. The first-order valence-corrected chi connectivity index (χ1v) is 12.0. The second-order valence-electron chi connectivity index (χ2n) is 8.40. The first-order valence-electron chi connectivity index (χ1n) is 11.3. The Labute approximate surface area is 210 Å². The quantitative estimate of drug-likeness (QED) is 0.387. The highest BCUT2D eigenvalue weighted by Crippen LogP contribution is 2.34. The monoisotopic (exact) mass is 491 g/mol. The number of benzene rings is 3. The first-order chi connectivity index (χ1) is 16.4. The summed E-state index contributed by atoms with van der Waals surface area (Å²) in [6.45, 7) is 4.29. The molecule has 1 aliphatic rings. The van der Waals surface area contributed by atoms with Gasteiger partial charge in [-0.3, -0.25) is 9.79 Å². The number of halogens is 2. The van der Waals surface area contributed by atoms with Crippen LogP contribution in [0.3, 0.4) is 0 Å². The number of nitrogens with one attached hydrogen (secondary N) is 2. The fraction of sp³-hybridized carbons (Fsp3) is 0.214. The van der Waals surface area contributed by atoms with E-state index in [1.54, 1.807) is 6.07 Å². The van der Waals surface area contributed by atoms with Crippen molar-refractivity contribution in [3.63, 3.8) is 0 Å². The third-order valence-corrected chi connectivity index (χ3v) is 6.37. The van der Waals surface area contributed by atoms with Gasteiger partial charge in [-0.05, 0) is 55.2 Å². The molecule has 0 radical (unpaired) electrons. The Bertz CT molecular complexity index is 1160. The second-order valence-corrected chi connectivity index (χ2v) is 9.27. The second kappa shape index (κ2) is 10.9. The molecule has 6 heteroatoms. The summed E-state index contributed by atoms with van der Waals surface area (Å²) >= 11 is 12.5. The molecule has 1 atom stereocenters. The van der Waals surface area contributed by atoms with E-state index in [1.807, 2.05) is 62.4 Å². The minimum absolute atomic E-state index is 0.151. The van der Waals surface area contributed by atoms with Crippen LogP contribution < -0.4 is 10.6 Å². The first kappa shape index (κ1) is 24.1. The zero-order valence-corrected chi connectivity index (χ0v) is 20.7. The Morgan fingerprint density at radius 1 is 0.941 bits per heavy atom. The number of rotatable bonds is 7. The number of aliphatic imine (C=N–C) groups is 1. The Morgan fingerprint density at radius 2 is 1.50 bits per heavy atom. The van der Waals surface area contributed by atoms with Crippen molar-refractivity contribution in [3.8, 4) is 0 Å². The molecule has 4 rings (SSSR count). The van der Waals surface area contributed by atoms with Crippen molar-refractivity contribution in [1.29, 1.82) is 0 Å². The van der Waals surface area contributed by atoms with Crippen LogP contribution in [0, 0.1) is 0 Å². The van der Waals surface area contributed by atoms with Gasteiger partial charge in [0.2, 0.25) is 0 Å². The van der Waals surface area contributed by atoms with Crippen molar-refractivity contribution in [2.45, 2.75) is 32.2 Å². The number of hydrogen-bond donors (Lipinski definition) is 2. The third-order valence-electron chi connectivity index (χ3n) is 5.94. The highest BCUT2D eigenvalue weighted by atomic mass is 35.5. The number of amidine groups is 1. The average Bonchev–Trinajstić information content (AvgIpc) is 2.81. The lowest BCUT2D eigenvalue weighted by molar-refractivity contribution is -0.117. The normalized spacial score (nSPS) is 15.7. The molecular weight excluding hydrogens is 465 g/mol. The number of hydrogen-bond acceptors (Lipinski definition) is 3. The molecular formula is C28H27Cl2N3O. The number of carbonyl (C=O) groups is 1. The summed E-state index contributed by atoms with van der Waals surface area (Å²) in [6, 6.07) is 25.6. The van der Waals surface area contributed by atoms with Crippen LogP contribution in [0.1, 0.15) is 48.9 Å². The Kier molecular flexibility index (Phi) is 7.71.